The van der Waals surface area contributed by atoms with E-state index in [2.05, 4.69) is 54.6 Å². The average molecular weight is 921 g/mol. The number of esters is 1. The van der Waals surface area contributed by atoms with Gasteiger partial charge in [-0.25, -0.2) is 0 Å². The van der Waals surface area contributed by atoms with Crippen LogP contribution in [0, 0.1) is 5.41 Å². The largest absolute Gasteiger partial charge is 0.497 e. The van der Waals surface area contributed by atoms with E-state index in [1.54, 1.807) is 14.2 Å². The van der Waals surface area contributed by atoms with Gasteiger partial charge in [-0.2, -0.15) is 0 Å². The molecule has 9 nitrogen and oxygen atoms in total. The highest BCUT2D eigenvalue weighted by atomic mass is 32.2. The molecule has 0 saturated carbocycles. The minimum Gasteiger partial charge on any atom is -0.497 e. The molecule has 1 aliphatic heterocycles. The molecule has 0 unspecified atom stereocenters. The third kappa shape index (κ3) is 17.9. The highest BCUT2D eigenvalue weighted by molar-refractivity contribution is 8.18. The molecule has 346 valence electrons. The molecule has 0 amide bonds. The third-order valence-corrected chi connectivity index (χ3v) is 24.9. The first-order valence-corrected chi connectivity index (χ1v) is 29.9. The molecule has 2 aromatic carbocycles. The van der Waals surface area contributed by atoms with Crippen LogP contribution in [-0.4, -0.2) is 89.7 Å². The van der Waals surface area contributed by atoms with E-state index in [0.29, 0.717) is 45.5 Å². The van der Waals surface area contributed by atoms with Crippen LogP contribution in [0.3, 0.4) is 0 Å². The molecule has 13 heteroatoms. The fourth-order valence-electron chi connectivity index (χ4n) is 7.14. The molecule has 0 spiro atoms. The summed E-state index contributed by atoms with van der Waals surface area (Å²) in [7, 11) is -0.948. The summed E-state index contributed by atoms with van der Waals surface area (Å²) in [5.74, 6) is 3.49. The number of carbonyl (C=O) groups is 2. The lowest BCUT2D eigenvalue weighted by Crippen LogP contribution is -2.45. The first kappa shape index (κ1) is 53.5. The van der Waals surface area contributed by atoms with Crippen molar-refractivity contribution < 1.29 is 42.1 Å². The Bertz CT molecular complexity index is 1570. The molecule has 1 heterocycles. The second-order valence-electron chi connectivity index (χ2n) is 19.1. The van der Waals surface area contributed by atoms with Gasteiger partial charge in [0.1, 0.15) is 23.9 Å². The number of carbonyl (C=O) groups excluding carboxylic acids is 2. The van der Waals surface area contributed by atoms with Crippen LogP contribution < -0.4 is 9.47 Å². The number of ether oxygens (including phenoxy) is 5. The number of ketones is 1. The fourth-order valence-corrected chi connectivity index (χ4v) is 14.9. The van der Waals surface area contributed by atoms with Crippen LogP contribution in [0.4, 0.5) is 0 Å². The van der Waals surface area contributed by atoms with Gasteiger partial charge in [0.25, 0.3) is 0 Å². The molecule has 3 atom stereocenters. The summed E-state index contributed by atoms with van der Waals surface area (Å²) in [5, 5.41) is -0.000127. The molecule has 0 aromatic heterocycles. The number of benzene rings is 2. The van der Waals surface area contributed by atoms with Crippen LogP contribution >= 0.6 is 23.5 Å². The number of methoxy groups -OCH3 is 2. The Morgan fingerprint density at radius 2 is 1.30 bits per heavy atom. The second kappa shape index (κ2) is 25.0. The number of thioether (sulfide) groups is 2. The summed E-state index contributed by atoms with van der Waals surface area (Å²) >= 11 is 3.75. The second-order valence-corrected chi connectivity index (χ2v) is 31.8. The van der Waals surface area contributed by atoms with Crippen molar-refractivity contribution >= 4 is 51.9 Å². The van der Waals surface area contributed by atoms with Crippen molar-refractivity contribution in [2.45, 2.75) is 173 Å². The predicted octanol–water partition coefficient (Wildman–Crippen LogP) is 12.3. The molecular formula is C48H80O9S2Si2. The molecule has 3 rings (SSSR count). The van der Waals surface area contributed by atoms with Gasteiger partial charge >= 0.3 is 5.97 Å². The maximum atomic E-state index is 14.6. The monoisotopic (exact) mass is 920 g/mol. The number of Topliss-reactive ketones (excluding diaryl/α,β-unsaturated/α-hetero) is 1. The Labute approximate surface area is 380 Å². The third-order valence-electron chi connectivity index (χ3n) is 12.3. The Morgan fingerprint density at radius 1 is 0.754 bits per heavy atom. The minimum absolute atomic E-state index is 0.000127. The van der Waals surface area contributed by atoms with E-state index < -0.39 is 26.1 Å². The normalized spacial score (nSPS) is 16.4. The van der Waals surface area contributed by atoms with Crippen LogP contribution in [0.25, 0.3) is 0 Å². The van der Waals surface area contributed by atoms with E-state index in [9.17, 15) is 9.59 Å². The molecule has 0 N–H and O–H groups in total. The summed E-state index contributed by atoms with van der Waals surface area (Å²) in [5.41, 5.74) is 1.48. The zero-order valence-electron chi connectivity index (χ0n) is 39.9. The lowest BCUT2D eigenvalue weighted by Gasteiger charge is -2.41. The van der Waals surface area contributed by atoms with E-state index in [0.717, 1.165) is 58.7 Å². The van der Waals surface area contributed by atoms with Gasteiger partial charge in [0.2, 0.25) is 0 Å². The summed E-state index contributed by atoms with van der Waals surface area (Å²) in [4.78, 5) is 27.7. The van der Waals surface area contributed by atoms with Gasteiger partial charge in [-0.1, -0.05) is 65.8 Å². The smallest absolute Gasteiger partial charge is 0.311 e. The first-order valence-electron chi connectivity index (χ1n) is 22.5. The van der Waals surface area contributed by atoms with Gasteiger partial charge in [0, 0.05) is 25.6 Å². The molecule has 1 fully saturated rings. The van der Waals surface area contributed by atoms with Crippen molar-refractivity contribution in [2.24, 2.45) is 5.41 Å². The topological polar surface area (TPSA) is 98.8 Å². The Kier molecular flexibility index (Phi) is 21.9. The zero-order valence-corrected chi connectivity index (χ0v) is 43.6. The summed E-state index contributed by atoms with van der Waals surface area (Å²) in [6.07, 6.45) is 2.81. The van der Waals surface area contributed by atoms with Crippen LogP contribution in [-0.2, 0) is 45.9 Å². The van der Waals surface area contributed by atoms with Gasteiger partial charge < -0.3 is 32.5 Å². The van der Waals surface area contributed by atoms with Gasteiger partial charge in [0.05, 0.1) is 49.1 Å². The van der Waals surface area contributed by atoms with Crippen molar-refractivity contribution in [1.29, 1.82) is 0 Å². The van der Waals surface area contributed by atoms with Crippen molar-refractivity contribution in [3.05, 3.63) is 59.7 Å². The Balaban J connectivity index is 1.89. The molecular weight excluding hydrogens is 841 g/mol. The lowest BCUT2D eigenvalue weighted by atomic mass is 9.97. The quantitative estimate of drug-likeness (QED) is 0.0486. The van der Waals surface area contributed by atoms with Crippen molar-refractivity contribution in [3.63, 3.8) is 0 Å². The highest BCUT2D eigenvalue weighted by Crippen LogP contribution is 2.49. The standard InChI is InChI=1S/C48H80O9S2Si2/c1-14-61(15-2,16-3)57-44(36-55-45(50)46(4,5)6)33-48(58-28-17-29-59-48)32-39(49)30-43(54-35-38-20-24-41(52-11)25-21-38)31-42(56-60(12,13)47(7,8)9)26-27-53-34-37-18-22-40(51-10)23-19-37/h18-25,42-44H,14-17,26-36H2,1-13H3/t42-,43+,44+/m0/s1. The number of rotatable bonds is 27. The molecule has 0 radical (unpaired) electrons. The number of hydrogen-bond donors (Lipinski definition) is 0. The van der Waals surface area contributed by atoms with Crippen LogP contribution in [0.2, 0.25) is 36.3 Å². The van der Waals surface area contributed by atoms with E-state index in [4.69, 9.17) is 32.5 Å². The van der Waals surface area contributed by atoms with E-state index in [1.165, 1.54) is 0 Å². The predicted molar refractivity (Wildman–Crippen MR) is 259 cm³/mol. The Morgan fingerprint density at radius 3 is 1.79 bits per heavy atom. The van der Waals surface area contributed by atoms with Crippen LogP contribution in [0.5, 0.6) is 11.5 Å². The fraction of sp³-hybridized carbons (Fsp3) is 0.708. The minimum atomic E-state index is -2.21. The van der Waals surface area contributed by atoms with Crippen LogP contribution in [0.15, 0.2) is 48.5 Å². The summed E-state index contributed by atoms with van der Waals surface area (Å²) in [6.45, 7) is 25.2. The molecule has 0 bridgehead atoms. The SMILES string of the molecule is CC[Si](CC)(CC)O[C@@H](COC(=O)C(C)(C)C)CC1(CC(=O)C[C@H](C[C@H](CCOCc2ccc(OC)cc2)O[Si](C)(C)C(C)(C)C)OCc2ccc(OC)cc2)SCCCS1. The number of hydrogen-bond acceptors (Lipinski definition) is 11. The maximum Gasteiger partial charge on any atom is 0.311 e. The average Bonchev–Trinajstić information content (AvgIpc) is 3.22. The molecule has 0 aliphatic carbocycles. The Hall–Kier alpha value is -1.85. The lowest BCUT2D eigenvalue weighted by molar-refractivity contribution is -0.155. The molecule has 1 aliphatic rings. The zero-order chi connectivity index (χ0) is 45.3. The van der Waals surface area contributed by atoms with Crippen molar-refractivity contribution in [1.82, 2.24) is 0 Å². The highest BCUT2D eigenvalue weighted by Gasteiger charge is 2.43. The molecule has 61 heavy (non-hydrogen) atoms. The maximum absolute atomic E-state index is 14.6. The van der Waals surface area contributed by atoms with E-state index >= 15 is 0 Å². The van der Waals surface area contributed by atoms with E-state index in [-0.39, 0.29) is 48.1 Å². The van der Waals surface area contributed by atoms with Gasteiger partial charge in [-0.15, -0.1) is 23.5 Å². The van der Waals surface area contributed by atoms with Crippen LogP contribution in [0.1, 0.15) is 112 Å². The summed E-state index contributed by atoms with van der Waals surface area (Å²) in [6, 6.07) is 18.8. The van der Waals surface area contributed by atoms with Gasteiger partial charge in [-0.3, -0.25) is 9.59 Å². The summed E-state index contributed by atoms with van der Waals surface area (Å²) < 4.78 is 43.5. The van der Waals surface area contributed by atoms with Crippen molar-refractivity contribution in [2.75, 3.05) is 38.9 Å². The molecule has 2 aromatic rings. The van der Waals surface area contributed by atoms with Gasteiger partial charge in [0.15, 0.2) is 16.6 Å². The van der Waals surface area contributed by atoms with E-state index in [1.807, 2.05) is 92.8 Å². The van der Waals surface area contributed by atoms with Gasteiger partial charge in [-0.05, 0) is 130 Å². The van der Waals surface area contributed by atoms with Crippen molar-refractivity contribution in [3.8, 4) is 11.5 Å². The molecule has 1 saturated heterocycles. The first-order chi connectivity index (χ1) is 28.7.